The van der Waals surface area contributed by atoms with Crippen molar-refractivity contribution >= 4 is 39.3 Å². The minimum atomic E-state index is 0.187. The van der Waals surface area contributed by atoms with Crippen LogP contribution in [0.4, 0.5) is 5.95 Å². The van der Waals surface area contributed by atoms with Crippen LogP contribution in [0.2, 0.25) is 0 Å². The van der Waals surface area contributed by atoms with Gasteiger partial charge in [-0.05, 0) is 17.4 Å². The van der Waals surface area contributed by atoms with E-state index in [4.69, 9.17) is 10.9 Å². The third-order valence-corrected chi connectivity index (χ3v) is 4.36. The van der Waals surface area contributed by atoms with E-state index in [0.29, 0.717) is 5.95 Å². The number of rotatable bonds is 5. The summed E-state index contributed by atoms with van der Waals surface area (Å²) in [5.41, 5.74) is 2.47. The van der Waals surface area contributed by atoms with Crippen LogP contribution in [0.25, 0.3) is 10.2 Å². The van der Waals surface area contributed by atoms with Crippen molar-refractivity contribution in [2.75, 3.05) is 17.8 Å². The second kappa shape index (κ2) is 5.63. The molecule has 1 atom stereocenters. The van der Waals surface area contributed by atoms with E-state index in [1.807, 2.05) is 18.4 Å². The van der Waals surface area contributed by atoms with Gasteiger partial charge in [0.25, 0.3) is 0 Å². The Balaban J connectivity index is 2.27. The number of nitrogens with zero attached hydrogens (tertiary/aromatic N) is 2. The second-order valence-electron chi connectivity index (χ2n) is 3.73. The van der Waals surface area contributed by atoms with Crippen LogP contribution in [0.1, 0.15) is 6.92 Å². The Bertz CT molecular complexity index is 502. The number of aliphatic hydroxyl groups is 1. The third kappa shape index (κ3) is 2.86. The molecule has 2 rings (SSSR count). The van der Waals surface area contributed by atoms with E-state index in [1.54, 1.807) is 23.1 Å². The summed E-state index contributed by atoms with van der Waals surface area (Å²) in [6.07, 6.45) is 0. The third-order valence-electron chi connectivity index (χ3n) is 2.24. The highest BCUT2D eigenvalue weighted by atomic mass is 32.2. The molecule has 0 aliphatic carbocycles. The molecule has 2 aromatic rings. The van der Waals surface area contributed by atoms with Gasteiger partial charge in [-0.2, -0.15) is 0 Å². The van der Waals surface area contributed by atoms with Gasteiger partial charge in [-0.25, -0.2) is 15.8 Å². The molecule has 17 heavy (non-hydrogen) atoms. The summed E-state index contributed by atoms with van der Waals surface area (Å²) >= 11 is 3.18. The summed E-state index contributed by atoms with van der Waals surface area (Å²) in [5.74, 6) is 6.84. The van der Waals surface area contributed by atoms with Crippen molar-refractivity contribution in [3.8, 4) is 0 Å². The maximum Gasteiger partial charge on any atom is 0.239 e. The number of hydrazine groups is 1. The molecule has 1 unspecified atom stereocenters. The molecule has 7 heteroatoms. The van der Waals surface area contributed by atoms with Gasteiger partial charge in [-0.3, -0.25) is 5.43 Å². The monoisotopic (exact) mass is 270 g/mol. The zero-order chi connectivity index (χ0) is 12.3. The maximum absolute atomic E-state index is 9.01. The fourth-order valence-corrected chi connectivity index (χ4v) is 3.12. The molecule has 0 aliphatic heterocycles. The van der Waals surface area contributed by atoms with Crippen molar-refractivity contribution in [2.24, 2.45) is 11.8 Å². The molecule has 0 bridgehead atoms. The summed E-state index contributed by atoms with van der Waals surface area (Å²) in [5, 5.41) is 12.9. The van der Waals surface area contributed by atoms with Crippen molar-refractivity contribution in [1.29, 1.82) is 0 Å². The van der Waals surface area contributed by atoms with E-state index >= 15 is 0 Å². The van der Waals surface area contributed by atoms with Gasteiger partial charge < -0.3 is 5.11 Å². The molecule has 4 N–H and O–H groups in total. The highest BCUT2D eigenvalue weighted by Gasteiger charge is 2.10. The van der Waals surface area contributed by atoms with Crippen LogP contribution in [0, 0.1) is 5.92 Å². The second-order valence-corrected chi connectivity index (χ2v) is 5.64. The fourth-order valence-electron chi connectivity index (χ4n) is 1.28. The lowest BCUT2D eigenvalue weighted by atomic mass is 10.2. The van der Waals surface area contributed by atoms with Crippen LogP contribution in [-0.2, 0) is 0 Å². The number of hydrogen-bond acceptors (Lipinski definition) is 7. The van der Waals surface area contributed by atoms with Crippen molar-refractivity contribution in [3.05, 3.63) is 11.4 Å². The molecule has 5 nitrogen and oxygen atoms in total. The molecule has 0 spiro atoms. The maximum atomic E-state index is 9.01. The van der Waals surface area contributed by atoms with Gasteiger partial charge in [0.05, 0.1) is 0 Å². The van der Waals surface area contributed by atoms with Crippen molar-refractivity contribution in [2.45, 2.75) is 11.9 Å². The summed E-state index contributed by atoms with van der Waals surface area (Å²) < 4.78 is 0. The minimum absolute atomic E-state index is 0.187. The van der Waals surface area contributed by atoms with Crippen molar-refractivity contribution in [3.63, 3.8) is 0 Å². The first kappa shape index (κ1) is 12.6. The first-order valence-electron chi connectivity index (χ1n) is 5.20. The Morgan fingerprint density at radius 2 is 2.41 bits per heavy atom. The van der Waals surface area contributed by atoms with Crippen molar-refractivity contribution in [1.82, 2.24) is 9.97 Å². The van der Waals surface area contributed by atoms with Crippen LogP contribution in [0.15, 0.2) is 16.5 Å². The Hall–Kier alpha value is -0.890. The largest absolute Gasteiger partial charge is 0.396 e. The topological polar surface area (TPSA) is 84.1 Å². The van der Waals surface area contributed by atoms with E-state index in [0.717, 1.165) is 21.0 Å². The molecule has 2 heterocycles. The highest BCUT2D eigenvalue weighted by molar-refractivity contribution is 7.99. The van der Waals surface area contributed by atoms with E-state index in [-0.39, 0.29) is 12.5 Å². The minimum Gasteiger partial charge on any atom is -0.396 e. The summed E-state index contributed by atoms with van der Waals surface area (Å²) in [6, 6.07) is 2.01. The summed E-state index contributed by atoms with van der Waals surface area (Å²) in [7, 11) is 0. The molecule has 0 radical (unpaired) electrons. The summed E-state index contributed by atoms with van der Waals surface area (Å²) in [6.45, 7) is 2.19. The molecular formula is C10H14N4OS2. The first-order valence-corrected chi connectivity index (χ1v) is 7.06. The molecular weight excluding hydrogens is 256 g/mol. The highest BCUT2D eigenvalue weighted by Crippen LogP contribution is 2.30. The standard InChI is InChI=1S/C10H14N4OS2/c1-6(4-15)5-17-9-7-2-3-16-8(7)12-10(13-9)14-11/h2-3,6,15H,4-5,11H2,1H3,(H,12,13,14). The van der Waals surface area contributed by atoms with Gasteiger partial charge in [0, 0.05) is 17.7 Å². The number of thiophene rings is 1. The Kier molecular flexibility index (Phi) is 4.16. The number of hydrogen-bond donors (Lipinski definition) is 3. The Morgan fingerprint density at radius 3 is 3.12 bits per heavy atom. The lowest BCUT2D eigenvalue weighted by Gasteiger charge is -2.08. The molecule has 92 valence electrons. The van der Waals surface area contributed by atoms with Crippen molar-refractivity contribution < 1.29 is 5.11 Å². The van der Waals surface area contributed by atoms with Gasteiger partial charge in [-0.1, -0.05) is 6.92 Å². The fraction of sp³-hybridized carbons (Fsp3) is 0.400. The number of nitrogens with two attached hydrogens (primary N) is 1. The number of aromatic nitrogens is 2. The van der Waals surface area contributed by atoms with E-state index in [1.165, 1.54) is 0 Å². The van der Waals surface area contributed by atoms with Crippen LogP contribution < -0.4 is 11.3 Å². The molecule has 0 saturated carbocycles. The smallest absolute Gasteiger partial charge is 0.239 e. The van der Waals surface area contributed by atoms with E-state index < -0.39 is 0 Å². The van der Waals surface area contributed by atoms with Gasteiger partial charge in [-0.15, -0.1) is 23.1 Å². The zero-order valence-corrected chi connectivity index (χ0v) is 11.0. The Morgan fingerprint density at radius 1 is 1.59 bits per heavy atom. The number of fused-ring (bicyclic) bond motifs is 1. The van der Waals surface area contributed by atoms with Gasteiger partial charge in [0.1, 0.15) is 9.86 Å². The average molecular weight is 270 g/mol. The average Bonchev–Trinajstić information content (AvgIpc) is 2.83. The zero-order valence-electron chi connectivity index (χ0n) is 9.38. The van der Waals surface area contributed by atoms with Crippen LogP contribution >= 0.6 is 23.1 Å². The molecule has 0 aromatic carbocycles. The quantitative estimate of drug-likeness (QED) is 0.332. The van der Waals surface area contributed by atoms with Gasteiger partial charge >= 0.3 is 0 Å². The predicted molar refractivity (Wildman–Crippen MR) is 72.2 cm³/mol. The van der Waals surface area contributed by atoms with Gasteiger partial charge in [0.15, 0.2) is 0 Å². The lowest BCUT2D eigenvalue weighted by molar-refractivity contribution is 0.250. The van der Waals surface area contributed by atoms with Crippen LogP contribution in [0.3, 0.4) is 0 Å². The Labute approximate surface area is 107 Å². The van der Waals surface area contributed by atoms with Crippen LogP contribution in [0.5, 0.6) is 0 Å². The van der Waals surface area contributed by atoms with E-state index in [9.17, 15) is 0 Å². The molecule has 0 amide bonds. The predicted octanol–water partition coefficient (Wildman–Crippen LogP) is 1.70. The van der Waals surface area contributed by atoms with Crippen LogP contribution in [-0.4, -0.2) is 27.4 Å². The SMILES string of the molecule is CC(CO)CSc1nc(NN)nc2sccc12. The molecule has 0 aliphatic rings. The first-order chi connectivity index (χ1) is 8.24. The van der Waals surface area contributed by atoms with Gasteiger partial charge in [0.2, 0.25) is 5.95 Å². The molecule has 0 saturated heterocycles. The number of anilines is 1. The number of thioether (sulfide) groups is 1. The van der Waals surface area contributed by atoms with E-state index in [2.05, 4.69) is 15.4 Å². The number of aliphatic hydroxyl groups excluding tert-OH is 1. The number of nitrogens with one attached hydrogen (secondary N) is 1. The normalized spacial score (nSPS) is 12.9. The lowest BCUT2D eigenvalue weighted by Crippen LogP contribution is -2.11. The number of nitrogen functional groups attached to an aromatic ring is 1. The molecule has 0 fully saturated rings. The molecule has 2 aromatic heterocycles. The summed E-state index contributed by atoms with van der Waals surface area (Å²) in [4.78, 5) is 9.53.